The predicted octanol–water partition coefficient (Wildman–Crippen LogP) is 4.93. The number of nitrogens with zero attached hydrogens (tertiary/aromatic N) is 1. The fourth-order valence-corrected chi connectivity index (χ4v) is 3.64. The van der Waals surface area contributed by atoms with Gasteiger partial charge in [-0.2, -0.15) is 0 Å². The predicted molar refractivity (Wildman–Crippen MR) is 91.9 cm³/mol. The van der Waals surface area contributed by atoms with Crippen LogP contribution in [-0.2, 0) is 4.79 Å². The van der Waals surface area contributed by atoms with E-state index in [9.17, 15) is 18.0 Å². The molecular formula is C18H15F3N2OS. The van der Waals surface area contributed by atoms with Gasteiger partial charge in [0.15, 0.2) is 0 Å². The van der Waals surface area contributed by atoms with Crippen molar-refractivity contribution in [2.45, 2.75) is 20.3 Å². The molecule has 0 spiro atoms. The Labute approximate surface area is 146 Å². The highest BCUT2D eigenvalue weighted by atomic mass is 32.1. The minimum absolute atomic E-state index is 0.237. The normalized spacial score (nSPS) is 17.1. The Morgan fingerprint density at radius 2 is 1.92 bits per heavy atom. The van der Waals surface area contributed by atoms with Crippen LogP contribution in [-0.4, -0.2) is 10.9 Å². The number of amides is 1. The maximum atomic E-state index is 14.5. The lowest BCUT2D eigenvalue weighted by atomic mass is 9.94. The van der Waals surface area contributed by atoms with Crippen LogP contribution in [0.5, 0.6) is 0 Å². The third-order valence-electron chi connectivity index (χ3n) is 3.88. The number of anilines is 1. The third-order valence-corrected chi connectivity index (χ3v) is 4.98. The van der Waals surface area contributed by atoms with Gasteiger partial charge in [0.1, 0.15) is 23.1 Å². The van der Waals surface area contributed by atoms with E-state index in [1.165, 1.54) is 23.5 Å². The first-order valence-electron chi connectivity index (χ1n) is 7.64. The molecule has 0 bridgehead atoms. The van der Waals surface area contributed by atoms with Crippen molar-refractivity contribution in [1.29, 1.82) is 0 Å². The molecule has 0 fully saturated rings. The number of carbonyl (C=O) groups is 1. The van der Waals surface area contributed by atoms with Gasteiger partial charge in [0.05, 0.1) is 21.5 Å². The van der Waals surface area contributed by atoms with Crippen molar-refractivity contribution in [1.82, 2.24) is 4.98 Å². The number of rotatable bonds is 3. The molecule has 1 aromatic carbocycles. The van der Waals surface area contributed by atoms with Gasteiger partial charge in [-0.05, 0) is 38.5 Å². The topological polar surface area (TPSA) is 42.0 Å². The number of hydrogen-bond acceptors (Lipinski definition) is 3. The average molecular weight is 364 g/mol. The molecule has 1 heterocycles. The highest BCUT2D eigenvalue weighted by molar-refractivity contribution is 7.12. The number of nitrogens with one attached hydrogen (secondary N) is 1. The minimum atomic E-state index is -0.874. The second-order valence-electron chi connectivity index (χ2n) is 5.71. The standard InChI is InChI=1S/C18H15F3N2OS/c1-9-17(25-10(2)22-9)12-7-6-11(8-15(12)21)18(24)23-16-13(19)4-3-5-14(16)20/h3-5,7-8,11H,6H2,1-2H3,(H,23,24). The number of halogens is 3. The molecule has 1 aliphatic rings. The van der Waals surface area contributed by atoms with E-state index in [1.807, 2.05) is 6.92 Å². The first-order chi connectivity index (χ1) is 11.9. The van der Waals surface area contributed by atoms with Crippen molar-refractivity contribution in [3.63, 3.8) is 0 Å². The Kier molecular flexibility index (Phi) is 4.76. The lowest BCUT2D eigenvalue weighted by molar-refractivity contribution is -0.118. The molecule has 1 aliphatic carbocycles. The summed E-state index contributed by atoms with van der Waals surface area (Å²) in [7, 11) is 0. The van der Waals surface area contributed by atoms with Crippen LogP contribution in [0.2, 0.25) is 0 Å². The van der Waals surface area contributed by atoms with Crippen LogP contribution in [0, 0.1) is 31.4 Å². The van der Waals surface area contributed by atoms with Gasteiger partial charge in [0, 0.05) is 5.57 Å². The number of carbonyl (C=O) groups excluding carboxylic acids is 1. The van der Waals surface area contributed by atoms with Crippen LogP contribution < -0.4 is 5.32 Å². The van der Waals surface area contributed by atoms with Gasteiger partial charge in [-0.3, -0.25) is 4.79 Å². The molecule has 2 aromatic rings. The van der Waals surface area contributed by atoms with E-state index in [-0.39, 0.29) is 6.42 Å². The molecule has 25 heavy (non-hydrogen) atoms. The van der Waals surface area contributed by atoms with Gasteiger partial charge >= 0.3 is 0 Å². The molecule has 0 aliphatic heterocycles. The van der Waals surface area contributed by atoms with Crippen LogP contribution in [0.4, 0.5) is 18.9 Å². The highest BCUT2D eigenvalue weighted by Gasteiger charge is 2.25. The SMILES string of the molecule is Cc1nc(C)c(C2=CCC(C(=O)Nc3c(F)cccc3F)C=C2F)s1. The number of thiazole rings is 1. The number of para-hydroxylation sites is 1. The zero-order valence-electron chi connectivity index (χ0n) is 13.6. The molecule has 1 atom stereocenters. The van der Waals surface area contributed by atoms with Gasteiger partial charge in [-0.15, -0.1) is 11.3 Å². The molecule has 0 saturated heterocycles. The van der Waals surface area contributed by atoms with Crippen molar-refractivity contribution in [3.8, 4) is 0 Å². The first kappa shape index (κ1) is 17.4. The molecule has 0 saturated carbocycles. The molecule has 1 aromatic heterocycles. The summed E-state index contributed by atoms with van der Waals surface area (Å²) < 4.78 is 41.7. The molecular weight excluding hydrogens is 349 g/mol. The fraction of sp³-hybridized carbons (Fsp3) is 0.222. The monoisotopic (exact) mass is 364 g/mol. The summed E-state index contributed by atoms with van der Waals surface area (Å²) >= 11 is 1.38. The van der Waals surface area contributed by atoms with Gasteiger partial charge in [-0.1, -0.05) is 12.1 Å². The number of aryl methyl sites for hydroxylation is 2. The summed E-state index contributed by atoms with van der Waals surface area (Å²) in [5.41, 5.74) is 0.614. The van der Waals surface area contributed by atoms with E-state index in [1.54, 1.807) is 13.0 Å². The van der Waals surface area contributed by atoms with Crippen molar-refractivity contribution >= 4 is 28.5 Å². The van der Waals surface area contributed by atoms with Crippen LogP contribution in [0.1, 0.15) is 22.0 Å². The van der Waals surface area contributed by atoms with E-state index in [0.717, 1.165) is 27.7 Å². The summed E-state index contributed by atoms with van der Waals surface area (Å²) in [5, 5.41) is 3.03. The summed E-state index contributed by atoms with van der Waals surface area (Å²) in [6.07, 6.45) is 3.04. The summed E-state index contributed by atoms with van der Waals surface area (Å²) in [5.74, 6) is -3.78. The van der Waals surface area contributed by atoms with Crippen molar-refractivity contribution < 1.29 is 18.0 Å². The maximum Gasteiger partial charge on any atom is 0.231 e. The molecule has 0 radical (unpaired) electrons. The van der Waals surface area contributed by atoms with Crippen LogP contribution in [0.25, 0.3) is 5.57 Å². The van der Waals surface area contributed by atoms with E-state index >= 15 is 0 Å². The lowest BCUT2D eigenvalue weighted by Gasteiger charge is -2.18. The Bertz CT molecular complexity index is 881. The van der Waals surface area contributed by atoms with Crippen molar-refractivity contribution in [2.24, 2.45) is 5.92 Å². The first-order valence-corrected chi connectivity index (χ1v) is 8.45. The molecule has 7 heteroatoms. The summed E-state index contributed by atoms with van der Waals surface area (Å²) in [6, 6.07) is 3.29. The van der Waals surface area contributed by atoms with Crippen LogP contribution in [0.3, 0.4) is 0 Å². The van der Waals surface area contributed by atoms with E-state index in [2.05, 4.69) is 10.3 Å². The molecule has 3 rings (SSSR count). The Balaban J connectivity index is 1.78. The van der Waals surface area contributed by atoms with Crippen LogP contribution >= 0.6 is 11.3 Å². The average Bonchev–Trinajstić information content (AvgIpc) is 2.89. The Hall–Kier alpha value is -2.41. The van der Waals surface area contributed by atoms with E-state index < -0.39 is 35.0 Å². The number of benzene rings is 1. The molecule has 1 unspecified atom stereocenters. The van der Waals surface area contributed by atoms with Gasteiger partial charge in [0.2, 0.25) is 5.91 Å². The number of aromatic nitrogens is 1. The Morgan fingerprint density at radius 1 is 1.24 bits per heavy atom. The van der Waals surface area contributed by atoms with E-state index in [0.29, 0.717) is 5.57 Å². The van der Waals surface area contributed by atoms with E-state index in [4.69, 9.17) is 0 Å². The zero-order chi connectivity index (χ0) is 18.1. The highest BCUT2D eigenvalue weighted by Crippen LogP contribution is 2.36. The Morgan fingerprint density at radius 3 is 2.48 bits per heavy atom. The van der Waals surface area contributed by atoms with Gasteiger partial charge in [-0.25, -0.2) is 18.2 Å². The molecule has 3 nitrogen and oxygen atoms in total. The molecule has 1 N–H and O–H groups in total. The lowest BCUT2D eigenvalue weighted by Crippen LogP contribution is -2.23. The third kappa shape index (κ3) is 3.51. The summed E-state index contributed by atoms with van der Waals surface area (Å²) in [6.45, 7) is 3.64. The zero-order valence-corrected chi connectivity index (χ0v) is 14.4. The second kappa shape index (κ2) is 6.84. The minimum Gasteiger partial charge on any atom is -0.321 e. The van der Waals surface area contributed by atoms with Crippen LogP contribution in [0.15, 0.2) is 36.2 Å². The van der Waals surface area contributed by atoms with Gasteiger partial charge in [0.25, 0.3) is 0 Å². The molecule has 130 valence electrons. The van der Waals surface area contributed by atoms with Gasteiger partial charge < -0.3 is 5.32 Å². The quantitative estimate of drug-likeness (QED) is 0.839. The number of allylic oxidation sites excluding steroid dienone is 3. The largest absolute Gasteiger partial charge is 0.321 e. The molecule has 1 amide bonds. The second-order valence-corrected chi connectivity index (χ2v) is 6.91. The maximum absolute atomic E-state index is 14.5. The smallest absolute Gasteiger partial charge is 0.231 e. The number of hydrogen-bond donors (Lipinski definition) is 1. The fourth-order valence-electron chi connectivity index (χ4n) is 2.67. The van der Waals surface area contributed by atoms with Crippen molar-refractivity contribution in [2.75, 3.05) is 5.32 Å². The summed E-state index contributed by atoms with van der Waals surface area (Å²) in [4.78, 5) is 17.2. The van der Waals surface area contributed by atoms with Crippen molar-refractivity contribution in [3.05, 3.63) is 63.4 Å².